The largest absolute Gasteiger partial charge is 0.393 e. The maximum absolute atomic E-state index is 11.4. The monoisotopic (exact) mass is 199 g/mol. The first-order chi connectivity index (χ1) is 6.50. The molecule has 1 amide bonds. The highest BCUT2D eigenvalue weighted by molar-refractivity contribution is 5.78. The summed E-state index contributed by atoms with van der Waals surface area (Å²) in [6, 6.07) is 0.267. The van der Waals surface area contributed by atoms with E-state index in [1.165, 1.54) is 0 Å². The first-order valence-electron chi connectivity index (χ1n) is 5.49. The second-order valence-electron chi connectivity index (χ2n) is 4.72. The molecular weight excluding hydrogens is 178 g/mol. The van der Waals surface area contributed by atoms with Gasteiger partial charge in [-0.15, -0.1) is 0 Å². The predicted octanol–water partition coefficient (Wildman–Crippen LogP) is 1.31. The number of carbonyl (C=O) groups is 1. The maximum Gasteiger partial charge on any atom is 0.222 e. The van der Waals surface area contributed by atoms with Crippen molar-refractivity contribution >= 4 is 5.91 Å². The SMILES string of the molecule is CC(C)C(=O)N[C@@H]1CC[C@@H](O)[C@H](C)C1. The smallest absolute Gasteiger partial charge is 0.222 e. The zero-order valence-electron chi connectivity index (χ0n) is 9.29. The van der Waals surface area contributed by atoms with Crippen LogP contribution < -0.4 is 5.32 Å². The molecule has 0 heterocycles. The van der Waals surface area contributed by atoms with Gasteiger partial charge in [-0.05, 0) is 25.2 Å². The summed E-state index contributed by atoms with van der Waals surface area (Å²) in [4.78, 5) is 11.4. The van der Waals surface area contributed by atoms with Gasteiger partial charge in [0.25, 0.3) is 0 Å². The average Bonchev–Trinajstić information content (AvgIpc) is 2.11. The van der Waals surface area contributed by atoms with Gasteiger partial charge in [-0.3, -0.25) is 4.79 Å². The molecule has 0 bridgehead atoms. The van der Waals surface area contributed by atoms with Gasteiger partial charge in [-0.2, -0.15) is 0 Å². The number of aliphatic hydroxyl groups excluding tert-OH is 1. The van der Waals surface area contributed by atoms with Crippen LogP contribution >= 0.6 is 0 Å². The van der Waals surface area contributed by atoms with Crippen molar-refractivity contribution in [3.05, 3.63) is 0 Å². The van der Waals surface area contributed by atoms with Crippen LogP contribution in [0.2, 0.25) is 0 Å². The van der Waals surface area contributed by atoms with Gasteiger partial charge in [-0.1, -0.05) is 20.8 Å². The van der Waals surface area contributed by atoms with Crippen LogP contribution in [0.15, 0.2) is 0 Å². The number of hydrogen-bond acceptors (Lipinski definition) is 2. The highest BCUT2D eigenvalue weighted by Gasteiger charge is 2.27. The van der Waals surface area contributed by atoms with Crippen molar-refractivity contribution in [3.8, 4) is 0 Å². The summed E-state index contributed by atoms with van der Waals surface area (Å²) in [5.41, 5.74) is 0. The Balaban J connectivity index is 2.37. The Morgan fingerprint density at radius 2 is 2.07 bits per heavy atom. The minimum absolute atomic E-state index is 0.0529. The van der Waals surface area contributed by atoms with Gasteiger partial charge in [0.05, 0.1) is 6.10 Å². The van der Waals surface area contributed by atoms with Crippen molar-refractivity contribution in [1.82, 2.24) is 5.32 Å². The highest BCUT2D eigenvalue weighted by Crippen LogP contribution is 2.24. The predicted molar refractivity (Wildman–Crippen MR) is 55.8 cm³/mol. The number of nitrogens with one attached hydrogen (secondary N) is 1. The Morgan fingerprint density at radius 1 is 1.43 bits per heavy atom. The molecule has 0 saturated heterocycles. The van der Waals surface area contributed by atoms with E-state index in [9.17, 15) is 9.90 Å². The molecule has 3 heteroatoms. The van der Waals surface area contributed by atoms with Crippen molar-refractivity contribution in [1.29, 1.82) is 0 Å². The van der Waals surface area contributed by atoms with Gasteiger partial charge < -0.3 is 10.4 Å². The fourth-order valence-corrected chi connectivity index (χ4v) is 1.88. The van der Waals surface area contributed by atoms with E-state index in [1.807, 2.05) is 20.8 Å². The molecule has 14 heavy (non-hydrogen) atoms. The third kappa shape index (κ3) is 2.98. The van der Waals surface area contributed by atoms with Crippen LogP contribution in [-0.2, 0) is 4.79 Å². The molecule has 1 saturated carbocycles. The second kappa shape index (κ2) is 4.78. The molecule has 1 fully saturated rings. The first-order valence-corrected chi connectivity index (χ1v) is 5.49. The lowest BCUT2D eigenvalue weighted by Crippen LogP contribution is -2.43. The Kier molecular flexibility index (Phi) is 3.93. The van der Waals surface area contributed by atoms with E-state index in [2.05, 4.69) is 5.32 Å². The molecule has 3 atom stereocenters. The number of rotatable bonds is 2. The minimum Gasteiger partial charge on any atom is -0.393 e. The molecule has 0 aromatic carbocycles. The van der Waals surface area contributed by atoms with Gasteiger partial charge >= 0.3 is 0 Å². The van der Waals surface area contributed by atoms with E-state index < -0.39 is 0 Å². The lowest BCUT2D eigenvalue weighted by atomic mass is 9.84. The lowest BCUT2D eigenvalue weighted by Gasteiger charge is -2.31. The quantitative estimate of drug-likeness (QED) is 0.704. The summed E-state index contributed by atoms with van der Waals surface area (Å²) >= 11 is 0. The van der Waals surface area contributed by atoms with Gasteiger partial charge in [-0.25, -0.2) is 0 Å². The van der Waals surface area contributed by atoms with Crippen LogP contribution in [0.3, 0.4) is 0 Å². The van der Waals surface area contributed by atoms with Crippen molar-refractivity contribution < 1.29 is 9.90 Å². The van der Waals surface area contributed by atoms with E-state index in [1.54, 1.807) is 0 Å². The minimum atomic E-state index is -0.179. The molecule has 0 radical (unpaired) electrons. The zero-order chi connectivity index (χ0) is 10.7. The summed E-state index contributed by atoms with van der Waals surface area (Å²) in [7, 11) is 0. The fraction of sp³-hybridized carbons (Fsp3) is 0.909. The molecule has 0 aliphatic heterocycles. The van der Waals surface area contributed by atoms with Crippen LogP contribution in [0.1, 0.15) is 40.0 Å². The first kappa shape index (κ1) is 11.5. The van der Waals surface area contributed by atoms with Gasteiger partial charge in [0.15, 0.2) is 0 Å². The molecule has 0 spiro atoms. The van der Waals surface area contributed by atoms with Gasteiger partial charge in [0.2, 0.25) is 5.91 Å². The van der Waals surface area contributed by atoms with Crippen molar-refractivity contribution in [3.63, 3.8) is 0 Å². The molecule has 1 rings (SSSR count). The molecule has 82 valence electrons. The Bertz CT molecular complexity index is 203. The lowest BCUT2D eigenvalue weighted by molar-refractivity contribution is -0.125. The van der Waals surface area contributed by atoms with E-state index >= 15 is 0 Å². The Hall–Kier alpha value is -0.570. The third-order valence-electron chi connectivity index (χ3n) is 2.99. The van der Waals surface area contributed by atoms with Gasteiger partial charge in [0, 0.05) is 12.0 Å². The number of carbonyl (C=O) groups excluding carboxylic acids is 1. The zero-order valence-corrected chi connectivity index (χ0v) is 9.29. The summed E-state index contributed by atoms with van der Waals surface area (Å²) in [5.74, 6) is 0.483. The highest BCUT2D eigenvalue weighted by atomic mass is 16.3. The van der Waals surface area contributed by atoms with Crippen LogP contribution in [0, 0.1) is 11.8 Å². The molecule has 3 nitrogen and oxygen atoms in total. The van der Waals surface area contributed by atoms with E-state index in [0.717, 1.165) is 19.3 Å². The molecule has 2 N–H and O–H groups in total. The number of hydrogen-bond donors (Lipinski definition) is 2. The van der Waals surface area contributed by atoms with Crippen LogP contribution in [0.25, 0.3) is 0 Å². The van der Waals surface area contributed by atoms with Crippen LogP contribution in [0.4, 0.5) is 0 Å². The molecule has 0 unspecified atom stereocenters. The Morgan fingerprint density at radius 3 is 2.57 bits per heavy atom. The summed E-state index contributed by atoms with van der Waals surface area (Å²) in [6.07, 6.45) is 2.44. The normalized spacial score (nSPS) is 33.1. The van der Waals surface area contributed by atoms with Gasteiger partial charge in [0.1, 0.15) is 0 Å². The molecule has 1 aliphatic carbocycles. The van der Waals surface area contributed by atoms with Crippen molar-refractivity contribution in [2.24, 2.45) is 11.8 Å². The topological polar surface area (TPSA) is 49.3 Å². The summed E-state index contributed by atoms with van der Waals surface area (Å²) in [5, 5.41) is 12.5. The standard InChI is InChI=1S/C11H21NO2/c1-7(2)11(14)12-9-4-5-10(13)8(3)6-9/h7-10,13H,4-6H2,1-3H3,(H,12,14)/t8-,9-,10-/m1/s1. The molecule has 1 aliphatic rings. The number of amides is 1. The second-order valence-corrected chi connectivity index (χ2v) is 4.72. The summed E-state index contributed by atoms with van der Waals surface area (Å²) < 4.78 is 0. The fourth-order valence-electron chi connectivity index (χ4n) is 1.88. The van der Waals surface area contributed by atoms with Crippen LogP contribution in [0.5, 0.6) is 0 Å². The van der Waals surface area contributed by atoms with E-state index in [0.29, 0.717) is 5.92 Å². The van der Waals surface area contributed by atoms with Crippen LogP contribution in [-0.4, -0.2) is 23.2 Å². The van der Waals surface area contributed by atoms with Crippen molar-refractivity contribution in [2.45, 2.75) is 52.2 Å². The average molecular weight is 199 g/mol. The Labute approximate surface area is 85.9 Å². The maximum atomic E-state index is 11.4. The summed E-state index contributed by atoms with van der Waals surface area (Å²) in [6.45, 7) is 5.84. The van der Waals surface area contributed by atoms with Crippen molar-refractivity contribution in [2.75, 3.05) is 0 Å². The molecule has 0 aromatic rings. The van der Waals surface area contributed by atoms with E-state index in [-0.39, 0.29) is 24.0 Å². The number of aliphatic hydroxyl groups is 1. The third-order valence-corrected chi connectivity index (χ3v) is 2.99. The van der Waals surface area contributed by atoms with E-state index in [4.69, 9.17) is 0 Å². The molecule has 0 aromatic heterocycles. The molecular formula is C11H21NO2.